The van der Waals surface area contributed by atoms with Gasteiger partial charge in [0, 0.05) is 17.1 Å². The van der Waals surface area contributed by atoms with Gasteiger partial charge in [-0.25, -0.2) is 4.39 Å². The van der Waals surface area contributed by atoms with E-state index in [1.807, 2.05) is 11.8 Å². The lowest BCUT2D eigenvalue weighted by atomic mass is 9.88. The maximum atomic E-state index is 13.2. The number of carbonyl (C=O) groups is 1. The van der Waals surface area contributed by atoms with Crippen LogP contribution >= 0.6 is 11.8 Å². The molecule has 1 aromatic carbocycles. The molecule has 4 heteroatoms. The number of halogens is 1. The molecule has 0 N–H and O–H groups in total. The number of hydrogen-bond acceptors (Lipinski definition) is 3. The molecule has 0 saturated carbocycles. The van der Waals surface area contributed by atoms with Crippen LogP contribution < -0.4 is 4.74 Å². The summed E-state index contributed by atoms with van der Waals surface area (Å²) in [7, 11) is 0. The highest BCUT2D eigenvalue weighted by atomic mass is 32.2. The van der Waals surface area contributed by atoms with Gasteiger partial charge in [-0.05, 0) is 18.6 Å². The van der Waals surface area contributed by atoms with E-state index in [1.54, 1.807) is 0 Å². The average Bonchev–Trinajstić information content (AvgIpc) is 2.58. The lowest BCUT2D eigenvalue weighted by molar-refractivity contribution is 0.0539. The molecule has 1 aromatic rings. The molecule has 1 saturated heterocycles. The van der Waals surface area contributed by atoms with Gasteiger partial charge in [0.1, 0.15) is 17.2 Å². The van der Waals surface area contributed by atoms with Gasteiger partial charge in [0.05, 0.1) is 12.0 Å². The Morgan fingerprint density at radius 3 is 3.06 bits per heavy atom. The van der Waals surface area contributed by atoms with Crippen LogP contribution in [0.1, 0.15) is 30.1 Å². The molecule has 2 atom stereocenters. The normalized spacial score (nSPS) is 31.4. The van der Waals surface area contributed by atoms with Crippen molar-refractivity contribution in [3.8, 4) is 5.75 Å². The zero-order valence-electron chi connectivity index (χ0n) is 9.53. The van der Waals surface area contributed by atoms with Crippen LogP contribution in [0.5, 0.6) is 5.75 Å². The van der Waals surface area contributed by atoms with E-state index < -0.39 is 5.60 Å². The summed E-state index contributed by atoms with van der Waals surface area (Å²) in [5.74, 6) is 0.944. The zero-order valence-corrected chi connectivity index (χ0v) is 10.3. The number of rotatable bonds is 0. The summed E-state index contributed by atoms with van der Waals surface area (Å²) in [5.41, 5.74) is 0.115. The summed E-state index contributed by atoms with van der Waals surface area (Å²) in [6.45, 7) is 2.13. The molecule has 0 aliphatic carbocycles. The molecule has 2 nitrogen and oxygen atoms in total. The molecule has 2 heterocycles. The molecule has 90 valence electrons. The number of carbonyl (C=O) groups excluding carboxylic acids is 1. The fourth-order valence-electron chi connectivity index (χ4n) is 2.60. The second-order valence-electron chi connectivity index (χ2n) is 4.85. The third-order valence-corrected chi connectivity index (χ3v) is 4.77. The summed E-state index contributed by atoms with van der Waals surface area (Å²) in [4.78, 5) is 12.1. The first-order valence-corrected chi connectivity index (χ1v) is 6.76. The van der Waals surface area contributed by atoms with Crippen LogP contribution in [0, 0.1) is 5.82 Å². The van der Waals surface area contributed by atoms with E-state index in [4.69, 9.17) is 4.74 Å². The number of fused-ring (bicyclic) bond motifs is 1. The molecule has 2 aliphatic heterocycles. The summed E-state index contributed by atoms with van der Waals surface area (Å²) in [6, 6.07) is 4.15. The third-order valence-electron chi connectivity index (χ3n) is 3.34. The van der Waals surface area contributed by atoms with Crippen LogP contribution in [-0.4, -0.2) is 22.4 Å². The van der Waals surface area contributed by atoms with Crippen molar-refractivity contribution in [2.24, 2.45) is 0 Å². The first-order chi connectivity index (χ1) is 8.08. The quantitative estimate of drug-likeness (QED) is 0.710. The van der Waals surface area contributed by atoms with Gasteiger partial charge in [0.25, 0.3) is 0 Å². The fourth-order valence-corrected chi connectivity index (χ4v) is 3.89. The molecular weight excluding hydrogens is 239 g/mol. The Balaban J connectivity index is 2.00. The van der Waals surface area contributed by atoms with Gasteiger partial charge in [0.2, 0.25) is 0 Å². The summed E-state index contributed by atoms with van der Waals surface area (Å²) < 4.78 is 19.1. The van der Waals surface area contributed by atoms with E-state index in [-0.39, 0.29) is 11.6 Å². The van der Waals surface area contributed by atoms with E-state index in [2.05, 4.69) is 6.92 Å². The molecule has 3 rings (SSSR count). The van der Waals surface area contributed by atoms with Gasteiger partial charge < -0.3 is 4.74 Å². The lowest BCUT2D eigenvalue weighted by Gasteiger charge is -2.34. The Bertz CT molecular complexity index is 488. The molecule has 1 spiro atoms. The van der Waals surface area contributed by atoms with Crippen molar-refractivity contribution >= 4 is 17.5 Å². The molecule has 17 heavy (non-hydrogen) atoms. The standard InChI is InChI=1S/C13H13FO2S/c1-8-5-13(7-17-8)6-11(15)10-3-2-9(14)4-12(10)16-13/h2-4,8H,5-7H2,1H3. The van der Waals surface area contributed by atoms with Crippen molar-refractivity contribution in [3.63, 3.8) is 0 Å². The molecule has 0 aromatic heterocycles. The summed E-state index contributed by atoms with van der Waals surface area (Å²) in [5, 5.41) is 0.498. The van der Waals surface area contributed by atoms with E-state index >= 15 is 0 Å². The molecular formula is C13H13FO2S. The predicted octanol–water partition coefficient (Wildman–Crippen LogP) is 3.06. The van der Waals surface area contributed by atoms with Crippen molar-refractivity contribution in [1.82, 2.24) is 0 Å². The van der Waals surface area contributed by atoms with Gasteiger partial charge in [-0.2, -0.15) is 11.8 Å². The Hall–Kier alpha value is -1.03. The lowest BCUT2D eigenvalue weighted by Crippen LogP contribution is -2.42. The maximum absolute atomic E-state index is 13.2. The van der Waals surface area contributed by atoms with Gasteiger partial charge in [-0.1, -0.05) is 6.92 Å². The number of Topliss-reactive ketones (excluding diaryl/α,β-unsaturated/α-hetero) is 1. The molecule has 2 unspecified atom stereocenters. The van der Waals surface area contributed by atoms with Crippen molar-refractivity contribution in [1.29, 1.82) is 0 Å². The second-order valence-corrected chi connectivity index (χ2v) is 6.28. The third kappa shape index (κ3) is 1.84. The summed E-state index contributed by atoms with van der Waals surface area (Å²) in [6.07, 6.45) is 1.28. The molecule has 0 radical (unpaired) electrons. The SMILES string of the molecule is CC1CC2(CS1)CC(=O)c1ccc(F)cc1O2. The monoisotopic (exact) mass is 252 g/mol. The first-order valence-electron chi connectivity index (χ1n) is 5.71. The largest absolute Gasteiger partial charge is 0.485 e. The zero-order chi connectivity index (χ0) is 12.0. The number of ether oxygens (including phenoxy) is 1. The van der Waals surface area contributed by atoms with Crippen molar-refractivity contribution < 1.29 is 13.9 Å². The van der Waals surface area contributed by atoms with Crippen molar-refractivity contribution in [3.05, 3.63) is 29.6 Å². The number of thioether (sulfide) groups is 1. The van der Waals surface area contributed by atoms with Crippen LogP contribution in [0.25, 0.3) is 0 Å². The van der Waals surface area contributed by atoms with Gasteiger partial charge in [-0.3, -0.25) is 4.79 Å². The maximum Gasteiger partial charge on any atom is 0.170 e. The van der Waals surface area contributed by atoms with Gasteiger partial charge >= 0.3 is 0 Å². The minimum Gasteiger partial charge on any atom is -0.485 e. The molecule has 2 aliphatic rings. The molecule has 0 amide bonds. The van der Waals surface area contributed by atoms with E-state index in [1.165, 1.54) is 18.2 Å². The van der Waals surface area contributed by atoms with Crippen molar-refractivity contribution in [2.75, 3.05) is 5.75 Å². The first kappa shape index (κ1) is 11.1. The van der Waals surface area contributed by atoms with E-state index in [0.29, 0.717) is 23.0 Å². The summed E-state index contributed by atoms with van der Waals surface area (Å²) >= 11 is 1.81. The van der Waals surface area contributed by atoms with Crippen LogP contribution in [0.4, 0.5) is 4.39 Å². The fraction of sp³-hybridized carbons (Fsp3) is 0.462. The Labute approximate surface area is 104 Å². The van der Waals surface area contributed by atoms with Crippen molar-refractivity contribution in [2.45, 2.75) is 30.6 Å². The van der Waals surface area contributed by atoms with Crippen LogP contribution in [-0.2, 0) is 0 Å². The Morgan fingerprint density at radius 2 is 2.35 bits per heavy atom. The Kier molecular flexibility index (Phi) is 2.43. The highest BCUT2D eigenvalue weighted by Gasteiger charge is 2.45. The van der Waals surface area contributed by atoms with Crippen LogP contribution in [0.3, 0.4) is 0 Å². The number of benzene rings is 1. The second kappa shape index (κ2) is 3.73. The minimum atomic E-state index is -0.401. The smallest absolute Gasteiger partial charge is 0.170 e. The minimum absolute atomic E-state index is 0.0703. The Morgan fingerprint density at radius 1 is 1.53 bits per heavy atom. The average molecular weight is 252 g/mol. The molecule has 0 bridgehead atoms. The number of hydrogen-bond donors (Lipinski definition) is 0. The highest BCUT2D eigenvalue weighted by molar-refractivity contribution is 8.00. The molecule has 1 fully saturated rings. The number of ketones is 1. The van der Waals surface area contributed by atoms with E-state index in [9.17, 15) is 9.18 Å². The predicted molar refractivity (Wildman–Crippen MR) is 65.2 cm³/mol. The van der Waals surface area contributed by atoms with E-state index in [0.717, 1.165) is 12.2 Å². The van der Waals surface area contributed by atoms with Gasteiger partial charge in [0.15, 0.2) is 5.78 Å². The van der Waals surface area contributed by atoms with Crippen LogP contribution in [0.15, 0.2) is 18.2 Å². The van der Waals surface area contributed by atoms with Crippen LogP contribution in [0.2, 0.25) is 0 Å². The topological polar surface area (TPSA) is 26.3 Å². The highest BCUT2D eigenvalue weighted by Crippen LogP contribution is 2.44. The van der Waals surface area contributed by atoms with Gasteiger partial charge in [-0.15, -0.1) is 0 Å².